The van der Waals surface area contributed by atoms with Gasteiger partial charge in [0.15, 0.2) is 6.10 Å². The predicted molar refractivity (Wildman–Crippen MR) is 143 cm³/mol. The molecule has 0 aromatic heterocycles. The molecule has 0 spiro atoms. The Morgan fingerprint density at radius 3 is 2.26 bits per heavy atom. The van der Waals surface area contributed by atoms with Crippen LogP contribution in [-0.4, -0.2) is 65.4 Å². The van der Waals surface area contributed by atoms with Gasteiger partial charge in [-0.3, -0.25) is 0 Å². The lowest BCUT2D eigenvalue weighted by molar-refractivity contribution is -0.155. The molecule has 3 N–H and O–H groups in total. The number of aliphatic hydroxyl groups excluding tert-OH is 1. The van der Waals surface area contributed by atoms with Crippen molar-refractivity contribution in [2.45, 2.75) is 39.0 Å². The average Bonchev–Trinajstić information content (AvgIpc) is 2.90. The van der Waals surface area contributed by atoms with Crippen molar-refractivity contribution >= 4 is 28.7 Å². The molecule has 0 bridgehead atoms. The molecule has 0 unspecified atom stereocenters. The van der Waals surface area contributed by atoms with E-state index in [-0.39, 0.29) is 32.0 Å². The van der Waals surface area contributed by atoms with E-state index >= 15 is 0 Å². The molecule has 0 aliphatic carbocycles. The lowest BCUT2D eigenvalue weighted by Gasteiger charge is -2.28. The molecule has 2 atom stereocenters. The Hall–Kier alpha value is -4.11. The van der Waals surface area contributed by atoms with Gasteiger partial charge in [0.25, 0.3) is 0 Å². The van der Waals surface area contributed by atoms with Gasteiger partial charge in [0.1, 0.15) is 18.4 Å². The fourth-order valence-electron chi connectivity index (χ4n) is 3.99. The number of nitrogens with zero attached hydrogens (tertiary/aromatic N) is 1. The summed E-state index contributed by atoms with van der Waals surface area (Å²) in [7, 11) is 1.59. The van der Waals surface area contributed by atoms with Gasteiger partial charge in [-0.2, -0.15) is 0 Å². The number of carbonyl (C=O) groups is 3. The van der Waals surface area contributed by atoms with Crippen LogP contribution in [0, 0.1) is 5.92 Å². The summed E-state index contributed by atoms with van der Waals surface area (Å²) in [5.41, 5.74) is 1.50. The number of hydrogen-bond donors (Lipinski definition) is 3. The van der Waals surface area contributed by atoms with Crippen molar-refractivity contribution in [1.29, 1.82) is 0 Å². The highest BCUT2D eigenvalue weighted by molar-refractivity contribution is 5.86. The van der Waals surface area contributed by atoms with Gasteiger partial charge in [-0.25, -0.2) is 14.4 Å². The highest BCUT2D eigenvalue weighted by Crippen LogP contribution is 2.22. The van der Waals surface area contributed by atoms with Crippen LogP contribution in [0.3, 0.4) is 0 Å². The van der Waals surface area contributed by atoms with E-state index in [0.717, 1.165) is 27.6 Å². The van der Waals surface area contributed by atoms with E-state index in [0.29, 0.717) is 0 Å². The summed E-state index contributed by atoms with van der Waals surface area (Å²) in [6.45, 7) is 3.62. The lowest BCUT2D eigenvalue weighted by Crippen LogP contribution is -2.52. The van der Waals surface area contributed by atoms with Gasteiger partial charge in [-0.1, -0.05) is 68.4 Å². The Balaban J connectivity index is 1.65. The Morgan fingerprint density at radius 1 is 0.921 bits per heavy atom. The molecule has 3 aromatic carbocycles. The number of hydrogen-bond acceptors (Lipinski definition) is 6. The maximum atomic E-state index is 13.1. The molecule has 3 rings (SSSR count). The molecule has 9 nitrogen and oxygen atoms in total. The fourth-order valence-corrected chi connectivity index (χ4v) is 3.99. The molecule has 3 aromatic rings. The van der Waals surface area contributed by atoms with Gasteiger partial charge < -0.3 is 29.9 Å². The van der Waals surface area contributed by atoms with Gasteiger partial charge in [0.2, 0.25) is 0 Å². The van der Waals surface area contributed by atoms with E-state index in [1.54, 1.807) is 19.2 Å². The highest BCUT2D eigenvalue weighted by Gasteiger charge is 2.28. The number of urea groups is 1. The molecule has 0 fully saturated rings. The first-order valence-corrected chi connectivity index (χ1v) is 12.4. The van der Waals surface area contributed by atoms with Crippen molar-refractivity contribution in [3.05, 3.63) is 77.9 Å². The summed E-state index contributed by atoms with van der Waals surface area (Å²) < 4.78 is 10.4. The van der Waals surface area contributed by atoms with Gasteiger partial charge in [0, 0.05) is 13.0 Å². The Morgan fingerprint density at radius 2 is 1.61 bits per heavy atom. The second kappa shape index (κ2) is 13.4. The zero-order chi connectivity index (χ0) is 27.7. The van der Waals surface area contributed by atoms with E-state index in [1.165, 1.54) is 4.90 Å². The number of esters is 1. The smallest absolute Gasteiger partial charge is 0.337 e. The van der Waals surface area contributed by atoms with Gasteiger partial charge in [-0.05, 0) is 39.9 Å². The second-order valence-corrected chi connectivity index (χ2v) is 9.50. The number of carboxylic acid groups (broad SMARTS) is 1. The molecule has 0 aliphatic heterocycles. The third-order valence-corrected chi connectivity index (χ3v) is 5.91. The molecular weight excluding hydrogens is 488 g/mol. The van der Waals surface area contributed by atoms with Crippen LogP contribution >= 0.6 is 0 Å². The minimum absolute atomic E-state index is 0.00720. The van der Waals surface area contributed by atoms with Crippen LogP contribution in [0.5, 0.6) is 5.75 Å². The van der Waals surface area contributed by atoms with Crippen LogP contribution in [0.15, 0.2) is 66.7 Å². The number of benzene rings is 3. The minimum atomic E-state index is -1.58. The number of rotatable bonds is 12. The SMILES string of the molecule is COc1ccc2cc(C[C@H](NC(=O)N(CC(C)C)C[C@H](O)C(=O)OCc3ccccc3)C(=O)O)ccc2c1. The van der Waals surface area contributed by atoms with Gasteiger partial charge in [0.05, 0.1) is 13.7 Å². The lowest BCUT2D eigenvalue weighted by atomic mass is 10.0. The molecule has 38 heavy (non-hydrogen) atoms. The van der Waals surface area contributed by atoms with Gasteiger partial charge >= 0.3 is 18.0 Å². The summed E-state index contributed by atoms with van der Waals surface area (Å²) in [5.74, 6) is -1.33. The first-order valence-electron chi connectivity index (χ1n) is 12.4. The zero-order valence-corrected chi connectivity index (χ0v) is 21.8. The monoisotopic (exact) mass is 522 g/mol. The van der Waals surface area contributed by atoms with Gasteiger partial charge in [-0.15, -0.1) is 0 Å². The van der Waals surface area contributed by atoms with Crippen LogP contribution < -0.4 is 10.1 Å². The maximum absolute atomic E-state index is 13.1. The maximum Gasteiger partial charge on any atom is 0.337 e. The average molecular weight is 523 g/mol. The zero-order valence-electron chi connectivity index (χ0n) is 21.8. The number of carboxylic acids is 1. The van der Waals surface area contributed by atoms with Crippen LogP contribution in [-0.2, 0) is 27.4 Å². The summed E-state index contributed by atoms with van der Waals surface area (Å²) >= 11 is 0. The summed E-state index contributed by atoms with van der Waals surface area (Å²) in [6.07, 6.45) is -1.52. The summed E-state index contributed by atoms with van der Waals surface area (Å²) in [5, 5.41) is 24.6. The van der Waals surface area contributed by atoms with Crippen LogP contribution in [0.1, 0.15) is 25.0 Å². The van der Waals surface area contributed by atoms with E-state index < -0.39 is 30.1 Å². The largest absolute Gasteiger partial charge is 0.497 e. The fraction of sp³-hybridized carbons (Fsp3) is 0.345. The van der Waals surface area contributed by atoms with E-state index in [1.807, 2.05) is 68.4 Å². The topological polar surface area (TPSA) is 125 Å². The third kappa shape index (κ3) is 8.21. The highest BCUT2D eigenvalue weighted by atomic mass is 16.5. The van der Waals surface area contributed by atoms with Crippen molar-refractivity contribution in [3.8, 4) is 5.75 Å². The molecule has 9 heteroatoms. The standard InChI is InChI=1S/C29H34N2O7/c1-19(2)16-31(17-26(32)28(35)38-18-20-7-5-4-6-8-20)29(36)30-25(27(33)34)14-21-9-10-23-15-24(37-3)12-11-22(23)13-21/h4-13,15,19,25-26,32H,14,16-18H2,1-3H3,(H,30,36)(H,33,34)/t25-,26-/m0/s1. The first-order chi connectivity index (χ1) is 18.2. The quantitative estimate of drug-likeness (QED) is 0.310. The number of amides is 2. The number of nitrogens with one attached hydrogen (secondary N) is 1. The molecule has 0 aliphatic rings. The minimum Gasteiger partial charge on any atom is -0.497 e. The first kappa shape index (κ1) is 28.5. The van der Waals surface area contributed by atoms with Crippen LogP contribution in [0.25, 0.3) is 10.8 Å². The molecule has 0 saturated heterocycles. The van der Waals surface area contributed by atoms with Crippen LogP contribution in [0.4, 0.5) is 4.79 Å². The molecule has 0 heterocycles. The summed E-state index contributed by atoms with van der Waals surface area (Å²) in [4.78, 5) is 38.7. The van der Waals surface area contributed by atoms with Crippen molar-refractivity contribution in [2.24, 2.45) is 5.92 Å². The Labute approximate surface area is 222 Å². The molecule has 202 valence electrons. The van der Waals surface area contributed by atoms with Crippen molar-refractivity contribution in [1.82, 2.24) is 10.2 Å². The number of fused-ring (bicyclic) bond motifs is 1. The van der Waals surface area contributed by atoms with Crippen molar-refractivity contribution in [3.63, 3.8) is 0 Å². The Bertz CT molecular complexity index is 1250. The molecule has 2 amide bonds. The summed E-state index contributed by atoms with van der Waals surface area (Å²) in [6, 6.07) is 18.3. The van der Waals surface area contributed by atoms with E-state index in [4.69, 9.17) is 9.47 Å². The normalized spacial score (nSPS) is 12.6. The molecule has 0 saturated carbocycles. The third-order valence-electron chi connectivity index (χ3n) is 5.91. The molecular formula is C29H34N2O7. The van der Waals surface area contributed by atoms with E-state index in [2.05, 4.69) is 5.32 Å². The van der Waals surface area contributed by atoms with Crippen molar-refractivity contribution in [2.75, 3.05) is 20.2 Å². The number of methoxy groups -OCH3 is 1. The predicted octanol–water partition coefficient (Wildman–Crippen LogP) is 3.62. The number of aliphatic carboxylic acids is 1. The van der Waals surface area contributed by atoms with Crippen LogP contribution in [0.2, 0.25) is 0 Å². The van der Waals surface area contributed by atoms with Crippen molar-refractivity contribution < 1.29 is 34.1 Å². The second-order valence-electron chi connectivity index (χ2n) is 9.50. The number of ether oxygens (including phenoxy) is 2. The number of aliphatic hydroxyl groups is 1. The molecule has 0 radical (unpaired) electrons. The number of carbonyl (C=O) groups excluding carboxylic acids is 2. The Kier molecular flexibility index (Phi) is 10.1. The van der Waals surface area contributed by atoms with E-state index in [9.17, 15) is 24.6 Å².